The molecule has 1 aromatic carbocycles. The van der Waals surface area contributed by atoms with E-state index in [2.05, 4.69) is 49.6 Å². The molecule has 3 nitrogen and oxygen atoms in total. The van der Waals surface area contributed by atoms with E-state index in [-0.39, 0.29) is 17.5 Å². The monoisotopic (exact) mass is 246 g/mol. The molecule has 2 amide bonds. The summed E-state index contributed by atoms with van der Waals surface area (Å²) in [5.41, 5.74) is 4.19. The predicted molar refractivity (Wildman–Crippen MR) is 73.8 cm³/mol. The van der Waals surface area contributed by atoms with Crippen molar-refractivity contribution in [3.05, 3.63) is 34.9 Å². The Bertz CT molecular complexity index is 460. The lowest BCUT2D eigenvalue weighted by molar-refractivity contribution is 0.239. The number of hydrogen-bond donors (Lipinski definition) is 2. The molecule has 1 atom stereocenters. The summed E-state index contributed by atoms with van der Waals surface area (Å²) in [5.74, 6) is 0. The van der Waals surface area contributed by atoms with Gasteiger partial charge in [0.25, 0.3) is 0 Å². The van der Waals surface area contributed by atoms with E-state index in [4.69, 9.17) is 0 Å². The first kappa shape index (κ1) is 12.9. The van der Waals surface area contributed by atoms with Crippen molar-refractivity contribution >= 4 is 6.03 Å². The Morgan fingerprint density at radius 3 is 2.67 bits per heavy atom. The summed E-state index contributed by atoms with van der Waals surface area (Å²) >= 11 is 0. The molecule has 0 fully saturated rings. The van der Waals surface area contributed by atoms with Gasteiger partial charge in [-0.05, 0) is 34.9 Å². The van der Waals surface area contributed by atoms with Crippen LogP contribution in [0.4, 0.5) is 4.79 Å². The Morgan fingerprint density at radius 1 is 1.33 bits per heavy atom. The van der Waals surface area contributed by atoms with Crippen molar-refractivity contribution in [2.75, 3.05) is 7.05 Å². The number of rotatable bonds is 1. The largest absolute Gasteiger partial charge is 0.341 e. The van der Waals surface area contributed by atoms with Gasteiger partial charge in [0, 0.05) is 7.05 Å². The second-order valence-electron chi connectivity index (χ2n) is 5.98. The van der Waals surface area contributed by atoms with Crippen molar-refractivity contribution in [3.63, 3.8) is 0 Å². The normalized spacial score (nSPS) is 18.3. The molecule has 2 N–H and O–H groups in total. The average Bonchev–Trinajstić information content (AvgIpc) is 2.70. The maximum atomic E-state index is 11.4. The molecule has 1 unspecified atom stereocenters. The highest BCUT2D eigenvalue weighted by atomic mass is 16.2. The van der Waals surface area contributed by atoms with Crippen molar-refractivity contribution in [1.29, 1.82) is 0 Å². The fourth-order valence-electron chi connectivity index (χ4n) is 2.46. The number of urea groups is 1. The smallest absolute Gasteiger partial charge is 0.315 e. The first-order chi connectivity index (χ1) is 8.41. The maximum absolute atomic E-state index is 11.4. The Labute approximate surface area is 109 Å². The lowest BCUT2D eigenvalue weighted by atomic mass is 9.85. The Hall–Kier alpha value is -1.51. The summed E-state index contributed by atoms with van der Waals surface area (Å²) in [6.45, 7) is 6.68. The zero-order valence-electron chi connectivity index (χ0n) is 11.6. The molecule has 0 aromatic heterocycles. The van der Waals surface area contributed by atoms with Gasteiger partial charge in [0.2, 0.25) is 0 Å². The molecule has 1 aromatic rings. The molecule has 0 bridgehead atoms. The van der Waals surface area contributed by atoms with Gasteiger partial charge in [-0.3, -0.25) is 0 Å². The third-order valence-corrected chi connectivity index (χ3v) is 3.62. The third kappa shape index (κ3) is 2.50. The minimum Gasteiger partial charge on any atom is -0.341 e. The van der Waals surface area contributed by atoms with Crippen LogP contribution in [0.15, 0.2) is 18.2 Å². The van der Waals surface area contributed by atoms with Crippen LogP contribution in [0.2, 0.25) is 0 Å². The second kappa shape index (κ2) is 4.63. The molecule has 0 spiro atoms. The number of carbonyl (C=O) groups is 1. The first-order valence-electron chi connectivity index (χ1n) is 6.53. The van der Waals surface area contributed by atoms with Crippen molar-refractivity contribution in [1.82, 2.24) is 10.6 Å². The summed E-state index contributed by atoms with van der Waals surface area (Å²) in [7, 11) is 1.65. The number of fused-ring (bicyclic) bond motifs is 1. The topological polar surface area (TPSA) is 41.1 Å². The Balaban J connectivity index is 2.23. The molecule has 18 heavy (non-hydrogen) atoms. The molecular weight excluding hydrogens is 224 g/mol. The summed E-state index contributed by atoms with van der Waals surface area (Å²) in [6, 6.07) is 6.70. The van der Waals surface area contributed by atoms with E-state index in [0.29, 0.717) is 0 Å². The summed E-state index contributed by atoms with van der Waals surface area (Å²) in [4.78, 5) is 11.4. The minimum absolute atomic E-state index is 0.104. The maximum Gasteiger partial charge on any atom is 0.315 e. The van der Waals surface area contributed by atoms with Crippen molar-refractivity contribution < 1.29 is 4.79 Å². The quantitative estimate of drug-likeness (QED) is 0.786. The van der Waals surface area contributed by atoms with E-state index in [1.807, 2.05) is 0 Å². The van der Waals surface area contributed by atoms with Gasteiger partial charge in [0.1, 0.15) is 0 Å². The van der Waals surface area contributed by atoms with E-state index in [9.17, 15) is 4.79 Å². The third-order valence-electron chi connectivity index (χ3n) is 3.62. The standard InChI is InChI=1S/C15H22N2O/c1-15(2,3)11-6-7-12-10(9-11)5-8-13(12)17-14(18)16-4/h6-7,9,13H,5,8H2,1-4H3,(H2,16,17,18). The van der Waals surface area contributed by atoms with Crippen LogP contribution >= 0.6 is 0 Å². The fraction of sp³-hybridized carbons (Fsp3) is 0.533. The van der Waals surface area contributed by atoms with Crippen LogP contribution in [-0.4, -0.2) is 13.1 Å². The SMILES string of the molecule is CNC(=O)NC1CCc2cc(C(C)(C)C)ccc21. The van der Waals surface area contributed by atoms with Gasteiger partial charge in [-0.1, -0.05) is 39.0 Å². The molecular formula is C15H22N2O. The lowest BCUT2D eigenvalue weighted by Crippen LogP contribution is -2.34. The molecule has 98 valence electrons. The molecule has 1 aliphatic carbocycles. The van der Waals surface area contributed by atoms with Gasteiger partial charge < -0.3 is 10.6 Å². The first-order valence-corrected chi connectivity index (χ1v) is 6.53. The van der Waals surface area contributed by atoms with Gasteiger partial charge in [0.05, 0.1) is 6.04 Å². The van der Waals surface area contributed by atoms with Gasteiger partial charge in [-0.25, -0.2) is 4.79 Å². The van der Waals surface area contributed by atoms with Gasteiger partial charge in [-0.15, -0.1) is 0 Å². The summed E-state index contributed by atoms with van der Waals surface area (Å²) in [5, 5.41) is 5.60. The van der Waals surface area contributed by atoms with E-state index < -0.39 is 0 Å². The molecule has 3 heteroatoms. The molecule has 0 aliphatic heterocycles. The minimum atomic E-state index is -0.104. The zero-order chi connectivity index (χ0) is 13.3. The van der Waals surface area contributed by atoms with Crippen molar-refractivity contribution in [2.45, 2.75) is 45.1 Å². The Kier molecular flexibility index (Phi) is 3.33. The lowest BCUT2D eigenvalue weighted by Gasteiger charge is -2.21. The van der Waals surface area contributed by atoms with Gasteiger partial charge >= 0.3 is 6.03 Å². The number of nitrogens with one attached hydrogen (secondary N) is 2. The van der Waals surface area contributed by atoms with Crippen LogP contribution in [0.1, 0.15) is 49.9 Å². The Morgan fingerprint density at radius 2 is 2.06 bits per heavy atom. The van der Waals surface area contributed by atoms with Crippen molar-refractivity contribution in [3.8, 4) is 0 Å². The number of aryl methyl sites for hydroxylation is 1. The van der Waals surface area contributed by atoms with Gasteiger partial charge in [0.15, 0.2) is 0 Å². The molecule has 1 aliphatic rings. The van der Waals surface area contributed by atoms with Gasteiger partial charge in [-0.2, -0.15) is 0 Å². The molecule has 0 radical (unpaired) electrons. The van der Waals surface area contributed by atoms with Crippen LogP contribution in [0, 0.1) is 0 Å². The molecule has 0 heterocycles. The van der Waals surface area contributed by atoms with Crippen molar-refractivity contribution in [2.24, 2.45) is 0 Å². The second-order valence-corrected chi connectivity index (χ2v) is 5.98. The summed E-state index contributed by atoms with van der Waals surface area (Å²) in [6.07, 6.45) is 2.05. The zero-order valence-corrected chi connectivity index (χ0v) is 11.6. The fourth-order valence-corrected chi connectivity index (χ4v) is 2.46. The molecule has 0 saturated carbocycles. The predicted octanol–water partition coefficient (Wildman–Crippen LogP) is 2.90. The van der Waals surface area contributed by atoms with E-state index in [0.717, 1.165) is 12.8 Å². The van der Waals surface area contributed by atoms with E-state index >= 15 is 0 Å². The molecule has 2 rings (SSSR count). The number of carbonyl (C=O) groups excluding carboxylic acids is 1. The van der Waals surface area contributed by atoms with Crippen LogP contribution in [0.5, 0.6) is 0 Å². The van der Waals surface area contributed by atoms with Crippen LogP contribution in [0.25, 0.3) is 0 Å². The number of hydrogen-bond acceptors (Lipinski definition) is 1. The van der Waals surface area contributed by atoms with E-state index in [1.165, 1.54) is 16.7 Å². The number of amides is 2. The number of benzene rings is 1. The average molecular weight is 246 g/mol. The van der Waals surface area contributed by atoms with Crippen LogP contribution < -0.4 is 10.6 Å². The van der Waals surface area contributed by atoms with E-state index in [1.54, 1.807) is 7.05 Å². The van der Waals surface area contributed by atoms with Crippen LogP contribution in [-0.2, 0) is 11.8 Å². The highest BCUT2D eigenvalue weighted by molar-refractivity contribution is 5.74. The summed E-state index contributed by atoms with van der Waals surface area (Å²) < 4.78 is 0. The molecule has 0 saturated heterocycles. The van der Waals surface area contributed by atoms with Crippen LogP contribution in [0.3, 0.4) is 0 Å². The highest BCUT2D eigenvalue weighted by Gasteiger charge is 2.25. The highest BCUT2D eigenvalue weighted by Crippen LogP contribution is 2.34.